The van der Waals surface area contributed by atoms with Gasteiger partial charge in [0.25, 0.3) is 0 Å². The molecule has 4 heteroatoms. The number of aromatic nitrogens is 2. The molecule has 0 atom stereocenters. The summed E-state index contributed by atoms with van der Waals surface area (Å²) in [5.74, 6) is 0.737. The third-order valence-electron chi connectivity index (χ3n) is 1.78. The first-order valence-corrected chi connectivity index (χ1v) is 4.31. The van der Waals surface area contributed by atoms with Gasteiger partial charge in [-0.25, -0.2) is 0 Å². The van der Waals surface area contributed by atoms with Crippen molar-refractivity contribution in [3.8, 4) is 0 Å². The lowest BCUT2D eigenvalue weighted by molar-refractivity contribution is 0.260. The van der Waals surface area contributed by atoms with Crippen molar-refractivity contribution in [1.29, 1.82) is 0 Å². The summed E-state index contributed by atoms with van der Waals surface area (Å²) in [5, 5.41) is 19.6. The highest BCUT2D eigenvalue weighted by molar-refractivity contribution is 5.34. The molecule has 0 spiro atoms. The molecule has 2 N–H and O–H groups in total. The maximum atomic E-state index is 8.80. The topological polar surface area (TPSA) is 58.0 Å². The zero-order valence-electron chi connectivity index (χ0n) is 7.99. The predicted octanol–water partition coefficient (Wildman–Crippen LogP) is 1.05. The molecule has 0 aliphatic carbocycles. The fourth-order valence-corrected chi connectivity index (χ4v) is 1.06. The Hall–Kier alpha value is -1.16. The van der Waals surface area contributed by atoms with Crippen molar-refractivity contribution in [3.63, 3.8) is 0 Å². The Bertz CT molecular complexity index is 248. The van der Waals surface area contributed by atoms with E-state index < -0.39 is 0 Å². The summed E-state index contributed by atoms with van der Waals surface area (Å²) >= 11 is 0. The summed E-state index contributed by atoms with van der Waals surface area (Å²) in [4.78, 5) is 0. The number of rotatable bonds is 4. The minimum absolute atomic E-state index is 0.148. The van der Waals surface area contributed by atoms with Gasteiger partial charge in [0.15, 0.2) is 0 Å². The van der Waals surface area contributed by atoms with Crippen LogP contribution in [-0.2, 0) is 0 Å². The average molecular weight is 181 g/mol. The van der Waals surface area contributed by atoms with Crippen LogP contribution in [0.3, 0.4) is 0 Å². The van der Waals surface area contributed by atoms with Crippen molar-refractivity contribution in [3.05, 3.63) is 18.3 Å². The molecule has 0 aliphatic heterocycles. The van der Waals surface area contributed by atoms with E-state index >= 15 is 0 Å². The van der Waals surface area contributed by atoms with Crippen LogP contribution in [0.5, 0.6) is 0 Å². The average Bonchev–Trinajstić information content (AvgIpc) is 2.04. The summed E-state index contributed by atoms with van der Waals surface area (Å²) in [6, 6.07) is 3.68. The highest BCUT2D eigenvalue weighted by Crippen LogP contribution is 2.14. The molecule has 0 aromatic carbocycles. The van der Waals surface area contributed by atoms with Gasteiger partial charge in [-0.3, -0.25) is 0 Å². The molecule has 0 radical (unpaired) electrons. The van der Waals surface area contributed by atoms with Crippen molar-refractivity contribution < 1.29 is 5.11 Å². The van der Waals surface area contributed by atoms with Gasteiger partial charge in [-0.1, -0.05) is 0 Å². The van der Waals surface area contributed by atoms with Crippen molar-refractivity contribution in [2.45, 2.75) is 25.8 Å². The molecule has 4 nitrogen and oxygen atoms in total. The molecule has 0 bridgehead atoms. The molecule has 0 aliphatic rings. The van der Waals surface area contributed by atoms with E-state index in [9.17, 15) is 0 Å². The Balaban J connectivity index is 2.58. The number of nitrogens with one attached hydrogen (secondary N) is 1. The predicted molar refractivity (Wildman–Crippen MR) is 51.4 cm³/mol. The van der Waals surface area contributed by atoms with Gasteiger partial charge in [0.1, 0.15) is 5.82 Å². The monoisotopic (exact) mass is 181 g/mol. The van der Waals surface area contributed by atoms with Crippen molar-refractivity contribution >= 4 is 5.82 Å². The molecule has 0 saturated carbocycles. The Morgan fingerprint density at radius 2 is 2.31 bits per heavy atom. The van der Waals surface area contributed by atoms with Crippen LogP contribution in [0.2, 0.25) is 0 Å². The zero-order chi connectivity index (χ0) is 9.73. The molecule has 72 valence electrons. The quantitative estimate of drug-likeness (QED) is 0.729. The largest absolute Gasteiger partial charge is 0.396 e. The summed E-state index contributed by atoms with van der Waals surface area (Å²) in [5.41, 5.74) is -0.148. The summed E-state index contributed by atoms with van der Waals surface area (Å²) in [6.07, 6.45) is 2.31. The molecule has 0 amide bonds. The minimum Gasteiger partial charge on any atom is -0.396 e. The highest BCUT2D eigenvalue weighted by Gasteiger charge is 2.16. The Morgan fingerprint density at radius 1 is 1.54 bits per heavy atom. The molecule has 1 aromatic rings. The second-order valence-corrected chi connectivity index (χ2v) is 3.59. The normalized spacial score (nSPS) is 11.3. The van der Waals surface area contributed by atoms with Crippen molar-refractivity contribution in [1.82, 2.24) is 10.2 Å². The van der Waals surface area contributed by atoms with Gasteiger partial charge >= 0.3 is 0 Å². The van der Waals surface area contributed by atoms with Crippen molar-refractivity contribution in [2.75, 3.05) is 11.9 Å². The fraction of sp³-hybridized carbons (Fsp3) is 0.556. The van der Waals surface area contributed by atoms with Gasteiger partial charge in [0.2, 0.25) is 0 Å². The van der Waals surface area contributed by atoms with Crippen LogP contribution in [0.4, 0.5) is 5.82 Å². The number of aliphatic hydroxyl groups is 1. The van der Waals surface area contributed by atoms with Crippen LogP contribution in [0.25, 0.3) is 0 Å². The first kappa shape index (κ1) is 9.92. The van der Waals surface area contributed by atoms with Crippen molar-refractivity contribution in [2.24, 2.45) is 0 Å². The number of aliphatic hydroxyl groups excluding tert-OH is 1. The Labute approximate surface area is 78.0 Å². The van der Waals surface area contributed by atoms with E-state index in [4.69, 9.17) is 5.11 Å². The summed E-state index contributed by atoms with van der Waals surface area (Å²) in [7, 11) is 0. The van der Waals surface area contributed by atoms with Gasteiger partial charge in [-0.15, -0.1) is 5.10 Å². The second-order valence-electron chi connectivity index (χ2n) is 3.59. The molecule has 1 rings (SSSR count). The molecule has 0 fully saturated rings. The van der Waals surface area contributed by atoms with Crippen LogP contribution >= 0.6 is 0 Å². The van der Waals surface area contributed by atoms with E-state index in [1.165, 1.54) is 0 Å². The van der Waals surface area contributed by atoms with E-state index in [1.807, 2.05) is 26.0 Å². The van der Waals surface area contributed by atoms with Crippen LogP contribution in [0, 0.1) is 0 Å². The Morgan fingerprint density at radius 3 is 2.85 bits per heavy atom. The second kappa shape index (κ2) is 4.18. The third-order valence-corrected chi connectivity index (χ3v) is 1.78. The van der Waals surface area contributed by atoms with Gasteiger partial charge < -0.3 is 10.4 Å². The molecule has 0 unspecified atom stereocenters. The highest BCUT2D eigenvalue weighted by atomic mass is 16.3. The lowest BCUT2D eigenvalue weighted by atomic mass is 10.0. The fourth-order valence-electron chi connectivity index (χ4n) is 1.06. The van der Waals surface area contributed by atoms with Gasteiger partial charge in [0.05, 0.1) is 0 Å². The SMILES string of the molecule is CC(C)(CCO)Nc1cccnn1. The first-order chi connectivity index (χ1) is 6.14. The maximum Gasteiger partial charge on any atom is 0.149 e. The van der Waals surface area contributed by atoms with Gasteiger partial charge in [-0.2, -0.15) is 5.10 Å². The number of nitrogens with zero attached hydrogens (tertiary/aromatic N) is 2. The molecule has 1 heterocycles. The first-order valence-electron chi connectivity index (χ1n) is 4.31. The zero-order valence-corrected chi connectivity index (χ0v) is 7.99. The van der Waals surface area contributed by atoms with E-state index in [1.54, 1.807) is 6.20 Å². The van der Waals surface area contributed by atoms with Crippen LogP contribution in [0.15, 0.2) is 18.3 Å². The Kier molecular flexibility index (Phi) is 3.19. The minimum atomic E-state index is -0.148. The van der Waals surface area contributed by atoms with E-state index in [0.717, 1.165) is 5.82 Å². The van der Waals surface area contributed by atoms with Gasteiger partial charge in [0, 0.05) is 18.3 Å². The van der Waals surface area contributed by atoms with Gasteiger partial charge in [-0.05, 0) is 32.4 Å². The molecule has 0 saturated heterocycles. The lowest BCUT2D eigenvalue weighted by Gasteiger charge is -2.25. The molecular formula is C9H15N3O. The number of hydrogen-bond acceptors (Lipinski definition) is 4. The van der Waals surface area contributed by atoms with Crippen LogP contribution in [0.1, 0.15) is 20.3 Å². The standard InChI is InChI=1S/C9H15N3O/c1-9(2,5-7-13)11-8-4-3-6-10-12-8/h3-4,6,13H,5,7H2,1-2H3,(H,11,12). The van der Waals surface area contributed by atoms with Crippen LogP contribution in [-0.4, -0.2) is 27.4 Å². The van der Waals surface area contributed by atoms with Crippen LogP contribution < -0.4 is 5.32 Å². The maximum absolute atomic E-state index is 8.80. The lowest BCUT2D eigenvalue weighted by Crippen LogP contribution is -2.32. The molecular weight excluding hydrogens is 166 g/mol. The summed E-state index contributed by atoms with van der Waals surface area (Å²) in [6.45, 7) is 4.19. The smallest absolute Gasteiger partial charge is 0.149 e. The molecule has 13 heavy (non-hydrogen) atoms. The summed E-state index contributed by atoms with van der Waals surface area (Å²) < 4.78 is 0. The third kappa shape index (κ3) is 3.38. The van der Waals surface area contributed by atoms with E-state index in [-0.39, 0.29) is 12.1 Å². The van der Waals surface area contributed by atoms with E-state index in [0.29, 0.717) is 6.42 Å². The molecule has 1 aromatic heterocycles. The number of anilines is 1. The number of hydrogen-bond donors (Lipinski definition) is 2. The van der Waals surface area contributed by atoms with E-state index in [2.05, 4.69) is 15.5 Å².